The molecule has 1 atom stereocenters. The second-order valence-corrected chi connectivity index (χ2v) is 5.98. The van der Waals surface area contributed by atoms with E-state index in [-0.39, 0.29) is 11.2 Å². The van der Waals surface area contributed by atoms with E-state index < -0.39 is 0 Å². The maximum absolute atomic E-state index is 6.10. The summed E-state index contributed by atoms with van der Waals surface area (Å²) in [5.74, 6) is 0.594. The molecule has 1 N–H and O–H groups in total. The van der Waals surface area contributed by atoms with Gasteiger partial charge in [-0.25, -0.2) is 4.98 Å². The van der Waals surface area contributed by atoms with E-state index in [0.29, 0.717) is 15.9 Å². The minimum absolute atomic E-state index is 0.272. The van der Waals surface area contributed by atoms with E-state index >= 15 is 0 Å². The van der Waals surface area contributed by atoms with Crippen molar-refractivity contribution < 1.29 is 0 Å². The molecule has 1 aromatic heterocycles. The lowest BCUT2D eigenvalue weighted by Gasteiger charge is -2.20. The van der Waals surface area contributed by atoms with Gasteiger partial charge < -0.3 is 10.2 Å². The van der Waals surface area contributed by atoms with E-state index in [4.69, 9.17) is 34.8 Å². The van der Waals surface area contributed by atoms with Gasteiger partial charge in [0.1, 0.15) is 11.0 Å². The van der Waals surface area contributed by atoms with E-state index in [1.807, 2.05) is 0 Å². The summed E-state index contributed by atoms with van der Waals surface area (Å²) in [4.78, 5) is 6.58. The van der Waals surface area contributed by atoms with Crippen molar-refractivity contribution in [2.45, 2.75) is 39.7 Å². The normalized spacial score (nSPS) is 12.8. The third kappa shape index (κ3) is 5.65. The van der Waals surface area contributed by atoms with Crippen LogP contribution in [0.3, 0.4) is 0 Å². The Balaban J connectivity index is 2.46. The Morgan fingerprint density at radius 3 is 2.45 bits per heavy atom. The molecule has 0 aromatic carbocycles. The Labute approximate surface area is 136 Å². The molecule has 3 nitrogen and oxygen atoms in total. The molecule has 114 valence electrons. The summed E-state index contributed by atoms with van der Waals surface area (Å²) in [6, 6.07) is 1.90. The molecule has 0 aliphatic rings. The van der Waals surface area contributed by atoms with Gasteiger partial charge in [-0.1, -0.05) is 48.7 Å². The van der Waals surface area contributed by atoms with Crippen LogP contribution in [0.4, 0.5) is 5.82 Å². The highest BCUT2D eigenvalue weighted by molar-refractivity contribution is 6.42. The number of nitrogens with one attached hydrogen (secondary N) is 1. The van der Waals surface area contributed by atoms with E-state index in [2.05, 4.69) is 36.0 Å². The van der Waals surface area contributed by atoms with Crippen molar-refractivity contribution in [2.75, 3.05) is 25.0 Å². The number of pyridine rings is 1. The monoisotopic (exact) mass is 337 g/mol. The van der Waals surface area contributed by atoms with Gasteiger partial charge in [0.2, 0.25) is 0 Å². The van der Waals surface area contributed by atoms with Crippen molar-refractivity contribution in [2.24, 2.45) is 0 Å². The largest absolute Gasteiger partial charge is 0.366 e. The Kier molecular flexibility index (Phi) is 7.96. The van der Waals surface area contributed by atoms with Crippen molar-refractivity contribution in [1.82, 2.24) is 9.88 Å². The van der Waals surface area contributed by atoms with Crippen LogP contribution in [0.15, 0.2) is 6.07 Å². The highest BCUT2D eigenvalue weighted by atomic mass is 35.5. The summed E-state index contributed by atoms with van der Waals surface area (Å²) in [6.45, 7) is 9.79. The molecule has 0 spiro atoms. The maximum Gasteiger partial charge on any atom is 0.150 e. The summed E-state index contributed by atoms with van der Waals surface area (Å²) in [6.07, 6.45) is 2.18. The Bertz CT molecular complexity index is 422. The minimum atomic E-state index is 0.272. The molecule has 1 rings (SSSR count). The number of hydrogen-bond donors (Lipinski definition) is 1. The summed E-state index contributed by atoms with van der Waals surface area (Å²) in [5.41, 5.74) is 0. The predicted octanol–water partition coefficient (Wildman–Crippen LogP) is 4.96. The first-order chi connectivity index (χ1) is 9.47. The molecule has 1 aromatic rings. The molecule has 6 heteroatoms. The summed E-state index contributed by atoms with van der Waals surface area (Å²) >= 11 is 17.9. The van der Waals surface area contributed by atoms with Crippen LogP contribution in [0.5, 0.6) is 0 Å². The predicted molar refractivity (Wildman–Crippen MR) is 89.4 cm³/mol. The Hall–Kier alpha value is -0.220. The van der Waals surface area contributed by atoms with Crippen LogP contribution in [-0.2, 0) is 0 Å². The molecule has 0 amide bonds. The highest BCUT2D eigenvalue weighted by Gasteiger charge is 2.10. The lowest BCUT2D eigenvalue weighted by molar-refractivity contribution is 0.295. The van der Waals surface area contributed by atoms with E-state index in [1.54, 1.807) is 6.07 Å². The smallest absolute Gasteiger partial charge is 0.150 e. The van der Waals surface area contributed by atoms with Gasteiger partial charge in [-0.15, -0.1) is 0 Å². The molecule has 0 fully saturated rings. The molecule has 1 heterocycles. The highest BCUT2D eigenvalue weighted by Crippen LogP contribution is 2.29. The van der Waals surface area contributed by atoms with Gasteiger partial charge in [-0.2, -0.15) is 0 Å². The van der Waals surface area contributed by atoms with Crippen LogP contribution in [-0.4, -0.2) is 35.6 Å². The zero-order valence-corrected chi connectivity index (χ0v) is 14.5. The summed E-state index contributed by atoms with van der Waals surface area (Å²) in [7, 11) is 0. The van der Waals surface area contributed by atoms with Crippen LogP contribution in [0.2, 0.25) is 15.2 Å². The molecule has 1 unspecified atom stereocenters. The molecular formula is C14H22Cl3N3. The first-order valence-electron chi connectivity index (χ1n) is 6.98. The minimum Gasteiger partial charge on any atom is -0.366 e. The van der Waals surface area contributed by atoms with Gasteiger partial charge in [0, 0.05) is 6.04 Å². The fraction of sp³-hybridized carbons (Fsp3) is 0.643. The van der Waals surface area contributed by atoms with Gasteiger partial charge >= 0.3 is 0 Å². The van der Waals surface area contributed by atoms with Crippen molar-refractivity contribution in [1.29, 1.82) is 0 Å². The topological polar surface area (TPSA) is 28.2 Å². The second-order valence-electron chi connectivity index (χ2n) is 4.81. The first kappa shape index (κ1) is 17.8. The zero-order chi connectivity index (χ0) is 15.1. The molecule has 0 saturated heterocycles. The number of anilines is 1. The molecule has 0 saturated carbocycles. The molecule has 0 aliphatic carbocycles. The average Bonchev–Trinajstić information content (AvgIpc) is 2.41. The van der Waals surface area contributed by atoms with Gasteiger partial charge in [0.05, 0.1) is 10.0 Å². The van der Waals surface area contributed by atoms with E-state index in [1.165, 1.54) is 0 Å². The van der Waals surface area contributed by atoms with Crippen molar-refractivity contribution in [3.63, 3.8) is 0 Å². The van der Waals surface area contributed by atoms with Crippen molar-refractivity contribution in [3.05, 3.63) is 21.3 Å². The molecule has 20 heavy (non-hydrogen) atoms. The van der Waals surface area contributed by atoms with Crippen LogP contribution >= 0.6 is 34.8 Å². The van der Waals surface area contributed by atoms with E-state index in [9.17, 15) is 0 Å². The third-order valence-corrected chi connectivity index (χ3v) is 4.24. The fourth-order valence-electron chi connectivity index (χ4n) is 2.01. The fourth-order valence-corrected chi connectivity index (χ4v) is 2.56. The average molecular weight is 339 g/mol. The van der Waals surface area contributed by atoms with Crippen molar-refractivity contribution in [3.8, 4) is 0 Å². The second kappa shape index (κ2) is 8.93. The number of hydrogen-bond acceptors (Lipinski definition) is 3. The quantitative estimate of drug-likeness (QED) is 0.679. The lowest BCUT2D eigenvalue weighted by atomic mass is 10.1. The third-order valence-electron chi connectivity index (χ3n) is 3.28. The van der Waals surface area contributed by atoms with Crippen LogP contribution in [0, 0.1) is 0 Å². The van der Waals surface area contributed by atoms with Gasteiger partial charge in [0.15, 0.2) is 0 Å². The zero-order valence-electron chi connectivity index (χ0n) is 12.2. The van der Waals surface area contributed by atoms with Crippen molar-refractivity contribution >= 4 is 40.6 Å². The number of nitrogens with zero attached hydrogens (tertiary/aromatic N) is 2. The van der Waals surface area contributed by atoms with Crippen LogP contribution in [0.25, 0.3) is 0 Å². The number of aromatic nitrogens is 1. The van der Waals surface area contributed by atoms with Crippen LogP contribution in [0.1, 0.15) is 33.6 Å². The first-order valence-corrected chi connectivity index (χ1v) is 8.11. The molecule has 0 bridgehead atoms. The standard InChI is InChI=1S/C14H22Cl3N3/c1-4-20(5-2)8-6-7-10(3)18-14-12(16)9-11(15)13(17)19-14/h9-10H,4-8H2,1-3H3,(H,18,19). The van der Waals surface area contributed by atoms with E-state index in [0.717, 1.165) is 32.5 Å². The van der Waals surface area contributed by atoms with Gasteiger partial charge in [-0.3, -0.25) is 0 Å². The summed E-state index contributed by atoms with van der Waals surface area (Å²) < 4.78 is 0. The SMILES string of the molecule is CCN(CC)CCCC(C)Nc1nc(Cl)c(Cl)cc1Cl. The Morgan fingerprint density at radius 1 is 1.20 bits per heavy atom. The van der Waals surface area contributed by atoms with Gasteiger partial charge in [-0.05, 0) is 45.5 Å². The lowest BCUT2D eigenvalue weighted by Crippen LogP contribution is -2.25. The Morgan fingerprint density at radius 2 is 1.85 bits per heavy atom. The van der Waals surface area contributed by atoms with Gasteiger partial charge in [0.25, 0.3) is 0 Å². The molecular weight excluding hydrogens is 317 g/mol. The molecule has 0 radical (unpaired) electrons. The summed E-state index contributed by atoms with van der Waals surface area (Å²) in [5, 5.41) is 4.42. The van der Waals surface area contributed by atoms with Crippen LogP contribution < -0.4 is 5.32 Å². The number of halogens is 3. The number of rotatable bonds is 8. The maximum atomic E-state index is 6.10. The molecule has 0 aliphatic heterocycles.